The second kappa shape index (κ2) is 7.86. The lowest BCUT2D eigenvalue weighted by molar-refractivity contribution is -0.384. The third-order valence-corrected chi connectivity index (χ3v) is 3.86. The number of nitro groups is 1. The molecular weight excluding hydrogens is 396 g/mol. The number of halogens is 4. The molecule has 0 N–H and O–H groups in total. The van der Waals surface area contributed by atoms with Crippen molar-refractivity contribution in [2.75, 3.05) is 0 Å². The highest BCUT2D eigenvalue weighted by molar-refractivity contribution is 6.35. The van der Waals surface area contributed by atoms with E-state index in [1.165, 1.54) is 19.1 Å². The number of nitro benzene ring substituents is 1. The van der Waals surface area contributed by atoms with Crippen molar-refractivity contribution in [3.05, 3.63) is 61.1 Å². The summed E-state index contributed by atoms with van der Waals surface area (Å²) in [4.78, 5) is 30.0. The van der Waals surface area contributed by atoms with Crippen molar-refractivity contribution in [3.8, 4) is 0 Å². The van der Waals surface area contributed by atoms with Gasteiger partial charge in [0.25, 0.3) is 5.69 Å². The Morgan fingerprint density at radius 2 is 2.00 bits per heavy atom. The van der Waals surface area contributed by atoms with Gasteiger partial charge in [0.15, 0.2) is 11.6 Å². The Morgan fingerprint density at radius 1 is 1.32 bits per heavy atom. The zero-order valence-electron chi connectivity index (χ0n) is 12.6. The highest BCUT2D eigenvalue weighted by Crippen LogP contribution is 2.32. The fraction of sp³-hybridized carbons (Fsp3) is 0.133. The molecule has 0 atom stereocenters. The van der Waals surface area contributed by atoms with Gasteiger partial charge in [0, 0.05) is 24.3 Å². The van der Waals surface area contributed by atoms with Gasteiger partial charge in [-0.05, 0) is 19.1 Å². The minimum absolute atomic E-state index is 0.0568. The van der Waals surface area contributed by atoms with Gasteiger partial charge >= 0.3 is 0 Å². The summed E-state index contributed by atoms with van der Waals surface area (Å²) < 4.78 is 13.9. The first kappa shape index (κ1) is 19.2. The lowest BCUT2D eigenvalue weighted by Gasteiger charge is -2.05. The summed E-state index contributed by atoms with van der Waals surface area (Å²) in [6.45, 7) is 1.48. The first-order valence-electron chi connectivity index (χ1n) is 6.72. The van der Waals surface area contributed by atoms with Crippen molar-refractivity contribution in [1.82, 2.24) is 4.98 Å². The van der Waals surface area contributed by atoms with Crippen molar-refractivity contribution in [2.24, 2.45) is 4.99 Å². The van der Waals surface area contributed by atoms with Crippen molar-refractivity contribution in [1.29, 1.82) is 0 Å². The number of carbonyl (C=O) groups is 1. The summed E-state index contributed by atoms with van der Waals surface area (Å²) in [6.07, 6.45) is -0.182. The van der Waals surface area contributed by atoms with E-state index in [2.05, 4.69) is 9.98 Å². The summed E-state index contributed by atoms with van der Waals surface area (Å²) in [6, 6.07) is 4.53. The van der Waals surface area contributed by atoms with Crippen LogP contribution in [0.4, 0.5) is 15.8 Å². The van der Waals surface area contributed by atoms with Crippen molar-refractivity contribution < 1.29 is 14.1 Å². The molecule has 0 aliphatic rings. The van der Waals surface area contributed by atoms with Crippen LogP contribution >= 0.6 is 34.8 Å². The Labute approximate surface area is 156 Å². The van der Waals surface area contributed by atoms with Crippen LogP contribution in [0.25, 0.3) is 0 Å². The van der Waals surface area contributed by atoms with Gasteiger partial charge in [-0.3, -0.25) is 19.9 Å². The molecule has 0 bridgehead atoms. The molecule has 1 aromatic carbocycles. The lowest BCUT2D eigenvalue weighted by Crippen LogP contribution is -2.07. The third kappa shape index (κ3) is 4.72. The Balaban J connectivity index is 2.28. The van der Waals surface area contributed by atoms with Crippen LogP contribution in [0.3, 0.4) is 0 Å². The number of rotatable bonds is 5. The lowest BCUT2D eigenvalue weighted by atomic mass is 10.1. The Hall–Kier alpha value is -2.09. The third-order valence-electron chi connectivity index (χ3n) is 3.06. The smallest absolute Gasteiger partial charge is 0.290 e. The predicted molar refractivity (Wildman–Crippen MR) is 94.0 cm³/mol. The number of ketones is 1. The van der Waals surface area contributed by atoms with Crippen molar-refractivity contribution >= 4 is 57.7 Å². The van der Waals surface area contributed by atoms with Crippen molar-refractivity contribution in [2.45, 2.75) is 13.3 Å². The average Bonchev–Trinajstić information content (AvgIpc) is 2.49. The summed E-state index contributed by atoms with van der Waals surface area (Å²) in [5.41, 5.74) is -0.401. The van der Waals surface area contributed by atoms with Crippen LogP contribution < -0.4 is 0 Å². The molecule has 0 unspecified atom stereocenters. The van der Waals surface area contributed by atoms with Gasteiger partial charge in [-0.1, -0.05) is 34.8 Å². The number of aromatic nitrogens is 1. The number of nitrogens with zero attached hydrogens (tertiary/aromatic N) is 3. The van der Waals surface area contributed by atoms with E-state index >= 15 is 0 Å². The van der Waals surface area contributed by atoms with Gasteiger partial charge in [-0.25, -0.2) is 9.37 Å². The first-order valence-corrected chi connectivity index (χ1v) is 7.85. The van der Waals surface area contributed by atoms with E-state index < -0.39 is 22.2 Å². The minimum atomic E-state index is -0.839. The molecule has 0 aliphatic heterocycles. The van der Waals surface area contributed by atoms with Gasteiger partial charge in [-0.2, -0.15) is 0 Å². The van der Waals surface area contributed by atoms with Crippen LogP contribution in [-0.4, -0.2) is 21.4 Å². The highest BCUT2D eigenvalue weighted by atomic mass is 35.5. The van der Waals surface area contributed by atoms with Gasteiger partial charge < -0.3 is 0 Å². The topological polar surface area (TPSA) is 85.5 Å². The largest absolute Gasteiger partial charge is 0.294 e. The molecule has 0 aliphatic carbocycles. The van der Waals surface area contributed by atoms with Crippen LogP contribution in [0.5, 0.6) is 0 Å². The number of benzene rings is 1. The fourth-order valence-electron chi connectivity index (χ4n) is 1.94. The Morgan fingerprint density at radius 3 is 2.60 bits per heavy atom. The first-order chi connectivity index (χ1) is 11.7. The van der Waals surface area contributed by atoms with E-state index in [0.717, 1.165) is 12.1 Å². The second-order valence-electron chi connectivity index (χ2n) is 4.93. The van der Waals surface area contributed by atoms with E-state index in [4.69, 9.17) is 34.8 Å². The SMILES string of the molecule is CC(CC(=O)c1ccc(Cl)nc1Cl)=Nc1cc([N+](=O)[O-])c(Cl)cc1F. The van der Waals surface area contributed by atoms with Gasteiger partial charge in [-0.15, -0.1) is 0 Å². The van der Waals surface area contributed by atoms with Gasteiger partial charge in [0.2, 0.25) is 0 Å². The summed E-state index contributed by atoms with van der Waals surface area (Å²) in [7, 11) is 0. The molecule has 0 saturated carbocycles. The fourth-order valence-corrected chi connectivity index (χ4v) is 2.61. The molecule has 2 aromatic rings. The highest BCUT2D eigenvalue weighted by Gasteiger charge is 2.18. The van der Waals surface area contributed by atoms with E-state index in [0.29, 0.717) is 0 Å². The van der Waals surface area contributed by atoms with Crippen LogP contribution in [0.15, 0.2) is 29.3 Å². The molecule has 0 radical (unpaired) electrons. The number of hydrogen-bond acceptors (Lipinski definition) is 5. The summed E-state index contributed by atoms with van der Waals surface area (Å²) in [5, 5.41) is 10.6. The molecular formula is C15H9Cl3FN3O3. The number of aliphatic imine (C=N–C) groups is 1. The molecule has 1 heterocycles. The van der Waals surface area contributed by atoms with Gasteiger partial charge in [0.1, 0.15) is 21.0 Å². The molecule has 10 heteroatoms. The quantitative estimate of drug-likeness (QED) is 0.218. The molecule has 0 saturated heterocycles. The average molecular weight is 405 g/mol. The summed E-state index contributed by atoms with van der Waals surface area (Å²) in [5.74, 6) is -1.24. The monoisotopic (exact) mass is 403 g/mol. The Bertz CT molecular complexity index is 903. The van der Waals surface area contributed by atoms with E-state index in [1.807, 2.05) is 0 Å². The van der Waals surface area contributed by atoms with E-state index in [-0.39, 0.29) is 38.7 Å². The molecule has 6 nitrogen and oxygen atoms in total. The zero-order chi connectivity index (χ0) is 18.7. The number of pyridine rings is 1. The molecule has 2 rings (SSSR count). The van der Waals surface area contributed by atoms with Crippen LogP contribution in [-0.2, 0) is 0 Å². The Kier molecular flexibility index (Phi) is 6.05. The normalized spacial score (nSPS) is 11.5. The molecule has 1 aromatic heterocycles. The predicted octanol–water partition coefficient (Wildman–Crippen LogP) is 5.45. The van der Waals surface area contributed by atoms with Crippen molar-refractivity contribution in [3.63, 3.8) is 0 Å². The number of Topliss-reactive ketones (excluding diaryl/α,β-unsaturated/α-hetero) is 1. The minimum Gasteiger partial charge on any atom is -0.294 e. The van der Waals surface area contributed by atoms with Crippen LogP contribution in [0.2, 0.25) is 15.3 Å². The molecule has 0 spiro atoms. The molecule has 0 fully saturated rings. The van der Waals surface area contributed by atoms with E-state index in [9.17, 15) is 19.3 Å². The maximum Gasteiger partial charge on any atom is 0.290 e. The van der Waals surface area contributed by atoms with Gasteiger partial charge in [0.05, 0.1) is 10.5 Å². The summed E-state index contributed by atoms with van der Waals surface area (Å²) >= 11 is 17.1. The molecule has 130 valence electrons. The number of carbonyl (C=O) groups excluding carboxylic acids is 1. The van der Waals surface area contributed by atoms with Crippen LogP contribution in [0, 0.1) is 15.9 Å². The second-order valence-corrected chi connectivity index (χ2v) is 6.08. The molecule has 0 amide bonds. The van der Waals surface area contributed by atoms with Crippen LogP contribution in [0.1, 0.15) is 23.7 Å². The maximum absolute atomic E-state index is 13.9. The zero-order valence-corrected chi connectivity index (χ0v) is 14.9. The maximum atomic E-state index is 13.9. The number of hydrogen-bond donors (Lipinski definition) is 0. The van der Waals surface area contributed by atoms with E-state index in [1.54, 1.807) is 0 Å². The molecule has 25 heavy (non-hydrogen) atoms. The standard InChI is InChI=1S/C15H9Cl3FN3O3/c1-7(4-13(23)8-2-3-14(17)21-15(8)18)20-11-6-12(22(24)25)9(16)5-10(11)19/h2-3,5-6H,4H2,1H3.